The minimum Gasteiger partial charge on any atom is -0.458 e. The molecular weight excluding hydrogens is 257 g/mol. The van der Waals surface area contributed by atoms with Gasteiger partial charge in [-0.05, 0) is 36.7 Å². The van der Waals surface area contributed by atoms with Crippen molar-refractivity contribution in [2.45, 2.75) is 46.1 Å². The second-order valence-electron chi connectivity index (χ2n) is 6.14. The zero-order valence-electron chi connectivity index (χ0n) is 12.3. The van der Waals surface area contributed by atoms with E-state index < -0.39 is 11.9 Å². The zero-order chi connectivity index (χ0) is 14.7. The number of carbonyl (C=O) groups excluding carboxylic acids is 1. The minimum absolute atomic E-state index is 0.0672. The van der Waals surface area contributed by atoms with Gasteiger partial charge < -0.3 is 4.74 Å². The normalized spacial score (nSPS) is 26.6. The Morgan fingerprint density at radius 3 is 2.85 bits per heavy atom. The Kier molecular flexibility index (Phi) is 4.73. The molecule has 4 heteroatoms. The number of halogens is 1. The fourth-order valence-electron chi connectivity index (χ4n) is 2.99. The Bertz CT molecular complexity index is 475. The highest BCUT2D eigenvalue weighted by molar-refractivity contribution is 5.89. The van der Waals surface area contributed by atoms with Crippen molar-refractivity contribution in [3.05, 3.63) is 29.8 Å². The quantitative estimate of drug-likeness (QED) is 0.623. The van der Waals surface area contributed by atoms with Gasteiger partial charge >= 0.3 is 5.97 Å². The Hall–Kier alpha value is -1.45. The lowest BCUT2D eigenvalue weighted by Gasteiger charge is -2.36. The van der Waals surface area contributed by atoms with E-state index in [1.807, 2.05) is 0 Å². The third-order valence-electron chi connectivity index (χ3n) is 4.18. The Morgan fingerprint density at radius 1 is 1.45 bits per heavy atom. The molecule has 3 atom stereocenters. The lowest BCUT2D eigenvalue weighted by atomic mass is 9.75. The van der Waals surface area contributed by atoms with Gasteiger partial charge in [-0.3, -0.25) is 0 Å². The van der Waals surface area contributed by atoms with Gasteiger partial charge in [-0.15, -0.1) is 0 Å². The van der Waals surface area contributed by atoms with Crippen molar-refractivity contribution in [1.82, 2.24) is 4.98 Å². The molecular formula is C16H22FNO2. The van der Waals surface area contributed by atoms with E-state index in [0.29, 0.717) is 17.8 Å². The molecule has 0 radical (unpaired) electrons. The average Bonchev–Trinajstić information content (AvgIpc) is 2.38. The first kappa shape index (κ1) is 14.9. The third kappa shape index (κ3) is 3.56. The molecule has 1 fully saturated rings. The monoisotopic (exact) mass is 279 g/mol. The van der Waals surface area contributed by atoms with Crippen molar-refractivity contribution in [2.75, 3.05) is 0 Å². The zero-order valence-corrected chi connectivity index (χ0v) is 12.3. The molecule has 1 aliphatic rings. The van der Waals surface area contributed by atoms with Gasteiger partial charge in [-0.25, -0.2) is 9.78 Å². The summed E-state index contributed by atoms with van der Waals surface area (Å²) in [6.45, 7) is 6.50. The maximum Gasteiger partial charge on any atom is 0.338 e. The highest BCUT2D eigenvalue weighted by atomic mass is 19.1. The fraction of sp³-hybridized carbons (Fsp3) is 0.625. The van der Waals surface area contributed by atoms with Crippen LogP contribution in [0, 0.1) is 23.7 Å². The molecule has 1 aliphatic carbocycles. The van der Waals surface area contributed by atoms with Crippen LogP contribution >= 0.6 is 0 Å². The van der Waals surface area contributed by atoms with Gasteiger partial charge in [-0.2, -0.15) is 4.39 Å². The number of nitrogens with zero attached hydrogens (tertiary/aromatic N) is 1. The van der Waals surface area contributed by atoms with Crippen LogP contribution < -0.4 is 0 Å². The van der Waals surface area contributed by atoms with E-state index in [0.717, 1.165) is 18.9 Å². The molecule has 20 heavy (non-hydrogen) atoms. The van der Waals surface area contributed by atoms with Gasteiger partial charge in [0.25, 0.3) is 0 Å². The number of hydrogen-bond acceptors (Lipinski definition) is 3. The van der Waals surface area contributed by atoms with Gasteiger partial charge in [0.05, 0.1) is 5.56 Å². The van der Waals surface area contributed by atoms with Crippen molar-refractivity contribution < 1.29 is 13.9 Å². The van der Waals surface area contributed by atoms with Gasteiger partial charge in [0.1, 0.15) is 6.10 Å². The van der Waals surface area contributed by atoms with Gasteiger partial charge in [0, 0.05) is 12.3 Å². The number of pyridine rings is 1. The highest BCUT2D eigenvalue weighted by Crippen LogP contribution is 2.35. The Morgan fingerprint density at radius 2 is 2.20 bits per heavy atom. The molecule has 0 spiro atoms. The van der Waals surface area contributed by atoms with Crippen molar-refractivity contribution in [3.8, 4) is 0 Å². The first-order valence-electron chi connectivity index (χ1n) is 7.30. The van der Waals surface area contributed by atoms with Crippen LogP contribution in [-0.4, -0.2) is 17.1 Å². The molecule has 0 aromatic carbocycles. The maximum absolute atomic E-state index is 13.1. The molecule has 0 bridgehead atoms. The smallest absolute Gasteiger partial charge is 0.338 e. The summed E-state index contributed by atoms with van der Waals surface area (Å²) >= 11 is 0. The number of carbonyl (C=O) groups is 1. The first-order chi connectivity index (χ1) is 9.47. The van der Waals surface area contributed by atoms with Gasteiger partial charge in [-0.1, -0.05) is 27.2 Å². The predicted octanol–water partition coefficient (Wildman–Crippen LogP) is 3.84. The molecule has 1 heterocycles. The molecule has 0 saturated heterocycles. The fourth-order valence-corrected chi connectivity index (χ4v) is 2.99. The topological polar surface area (TPSA) is 39.2 Å². The summed E-state index contributed by atoms with van der Waals surface area (Å²) in [7, 11) is 0. The maximum atomic E-state index is 13.1. The average molecular weight is 279 g/mol. The van der Waals surface area contributed by atoms with Crippen LogP contribution in [0.1, 0.15) is 50.4 Å². The van der Waals surface area contributed by atoms with Crippen molar-refractivity contribution in [1.29, 1.82) is 0 Å². The van der Waals surface area contributed by atoms with E-state index in [-0.39, 0.29) is 11.7 Å². The van der Waals surface area contributed by atoms with Gasteiger partial charge in [0.2, 0.25) is 5.95 Å². The van der Waals surface area contributed by atoms with Crippen molar-refractivity contribution in [3.63, 3.8) is 0 Å². The minimum atomic E-state index is -0.656. The van der Waals surface area contributed by atoms with Crippen LogP contribution in [-0.2, 0) is 4.74 Å². The van der Waals surface area contributed by atoms with E-state index >= 15 is 0 Å². The standard InChI is InChI=1S/C16H22FNO2/c1-10(2)13-5-4-11(3)8-14(13)20-16(19)12-6-7-18-15(17)9-12/h6-7,9-11,13-14H,4-5,8H2,1-3H3. The van der Waals surface area contributed by atoms with Gasteiger partial charge in [0.15, 0.2) is 0 Å². The SMILES string of the molecule is CC1CCC(C(C)C)C(OC(=O)c2ccnc(F)c2)C1. The summed E-state index contributed by atoms with van der Waals surface area (Å²) in [6, 6.07) is 2.61. The second kappa shape index (κ2) is 6.33. The molecule has 1 saturated carbocycles. The summed E-state index contributed by atoms with van der Waals surface area (Å²) in [5.41, 5.74) is 0.234. The van der Waals surface area contributed by atoms with E-state index in [2.05, 4.69) is 25.8 Å². The Balaban J connectivity index is 2.08. The number of hydrogen-bond donors (Lipinski definition) is 0. The molecule has 0 amide bonds. The van der Waals surface area contributed by atoms with Crippen LogP contribution in [0.4, 0.5) is 4.39 Å². The van der Waals surface area contributed by atoms with E-state index in [4.69, 9.17) is 4.74 Å². The summed E-state index contributed by atoms with van der Waals surface area (Å²) in [5.74, 6) is 0.334. The molecule has 3 nitrogen and oxygen atoms in total. The highest BCUT2D eigenvalue weighted by Gasteiger charge is 2.33. The van der Waals surface area contributed by atoms with Crippen LogP contribution in [0.2, 0.25) is 0 Å². The number of esters is 1. The predicted molar refractivity (Wildman–Crippen MR) is 74.7 cm³/mol. The summed E-state index contributed by atoms with van der Waals surface area (Å²) in [6.07, 6.45) is 4.38. The Labute approximate surface area is 119 Å². The van der Waals surface area contributed by atoms with Crippen molar-refractivity contribution >= 4 is 5.97 Å². The largest absolute Gasteiger partial charge is 0.458 e. The molecule has 3 unspecified atom stereocenters. The molecule has 0 aliphatic heterocycles. The van der Waals surface area contributed by atoms with Crippen molar-refractivity contribution in [2.24, 2.45) is 17.8 Å². The lowest BCUT2D eigenvalue weighted by Crippen LogP contribution is -2.35. The number of ether oxygens (including phenoxy) is 1. The number of rotatable bonds is 3. The third-order valence-corrected chi connectivity index (χ3v) is 4.18. The van der Waals surface area contributed by atoms with E-state index in [9.17, 15) is 9.18 Å². The second-order valence-corrected chi connectivity index (χ2v) is 6.14. The van der Waals surface area contributed by atoms with E-state index in [1.165, 1.54) is 18.7 Å². The summed E-state index contributed by atoms with van der Waals surface area (Å²) < 4.78 is 18.7. The molecule has 110 valence electrons. The van der Waals surface area contributed by atoms with Crippen LogP contribution in [0.15, 0.2) is 18.3 Å². The lowest BCUT2D eigenvalue weighted by molar-refractivity contribution is -0.0174. The summed E-state index contributed by atoms with van der Waals surface area (Å²) in [4.78, 5) is 15.6. The molecule has 2 rings (SSSR count). The molecule has 0 N–H and O–H groups in total. The summed E-state index contributed by atoms with van der Waals surface area (Å²) in [5, 5.41) is 0. The first-order valence-corrected chi connectivity index (χ1v) is 7.30. The van der Waals surface area contributed by atoms with Crippen LogP contribution in [0.3, 0.4) is 0 Å². The molecule has 1 aromatic heterocycles. The number of aromatic nitrogens is 1. The molecule has 1 aromatic rings. The van der Waals surface area contributed by atoms with E-state index in [1.54, 1.807) is 0 Å². The van der Waals surface area contributed by atoms with Crippen LogP contribution in [0.25, 0.3) is 0 Å². The van der Waals surface area contributed by atoms with Crippen LogP contribution in [0.5, 0.6) is 0 Å².